The summed E-state index contributed by atoms with van der Waals surface area (Å²) in [4.78, 5) is 22.1. The van der Waals surface area contributed by atoms with Gasteiger partial charge in [-0.25, -0.2) is 14.8 Å². The van der Waals surface area contributed by atoms with Gasteiger partial charge in [0.05, 0.1) is 17.6 Å². The van der Waals surface area contributed by atoms with E-state index in [4.69, 9.17) is 20.2 Å². The van der Waals surface area contributed by atoms with E-state index in [9.17, 15) is 4.79 Å². The molecule has 2 heterocycles. The largest absolute Gasteiger partial charge is 0.462 e. The summed E-state index contributed by atoms with van der Waals surface area (Å²) in [5.41, 5.74) is 9.19. The molecule has 0 spiro atoms. The third-order valence-corrected chi connectivity index (χ3v) is 4.72. The van der Waals surface area contributed by atoms with Crippen LogP contribution in [0.5, 0.6) is 0 Å². The highest BCUT2D eigenvalue weighted by Crippen LogP contribution is 2.29. The predicted octanol–water partition coefficient (Wildman–Crippen LogP) is 3.41. The second-order valence-electron chi connectivity index (χ2n) is 6.75. The number of methoxy groups -OCH3 is 1. The molecule has 7 heteroatoms. The summed E-state index contributed by atoms with van der Waals surface area (Å²) in [7, 11) is 1.65. The fourth-order valence-electron chi connectivity index (χ4n) is 2.92. The zero-order valence-corrected chi connectivity index (χ0v) is 16.1. The Hall–Kier alpha value is -2.67. The van der Waals surface area contributed by atoms with Crippen LogP contribution in [0, 0.1) is 5.92 Å². The average Bonchev–Trinajstić information content (AvgIpc) is 2.95. The first-order valence-electron chi connectivity index (χ1n) is 9.27. The molecule has 0 amide bonds. The van der Waals surface area contributed by atoms with Gasteiger partial charge in [0.15, 0.2) is 5.65 Å². The summed E-state index contributed by atoms with van der Waals surface area (Å²) >= 11 is 0. The van der Waals surface area contributed by atoms with E-state index in [1.807, 2.05) is 35.8 Å². The predicted molar refractivity (Wildman–Crippen MR) is 106 cm³/mol. The lowest BCUT2D eigenvalue weighted by Crippen LogP contribution is -2.14. The number of benzene rings is 1. The molecule has 0 unspecified atom stereocenters. The van der Waals surface area contributed by atoms with Crippen molar-refractivity contribution in [1.29, 1.82) is 0 Å². The molecular formula is C20H26N4O3. The number of aromatic nitrogens is 3. The topological polar surface area (TPSA) is 92.3 Å². The highest BCUT2D eigenvalue weighted by Gasteiger charge is 2.25. The van der Waals surface area contributed by atoms with Crippen molar-refractivity contribution in [2.24, 2.45) is 5.92 Å². The molecule has 1 atom stereocenters. The van der Waals surface area contributed by atoms with E-state index < -0.39 is 5.97 Å². The molecule has 3 rings (SSSR count). The van der Waals surface area contributed by atoms with Crippen molar-refractivity contribution >= 4 is 34.0 Å². The van der Waals surface area contributed by atoms with Crippen LogP contribution >= 0.6 is 0 Å². The summed E-state index contributed by atoms with van der Waals surface area (Å²) in [6.07, 6.45) is 1.69. The Morgan fingerprint density at radius 1 is 1.26 bits per heavy atom. The first-order valence-corrected chi connectivity index (χ1v) is 9.27. The first-order chi connectivity index (χ1) is 13.1. The number of hydrogen-bond acceptors (Lipinski definition) is 6. The molecule has 2 aromatic heterocycles. The van der Waals surface area contributed by atoms with Crippen molar-refractivity contribution in [3.8, 4) is 0 Å². The number of carbonyl (C=O) groups excluding carboxylic acids is 1. The number of rotatable bonds is 8. The molecule has 144 valence electrons. The van der Waals surface area contributed by atoms with Crippen LogP contribution in [-0.2, 0) is 16.0 Å². The molecule has 0 aliphatic rings. The van der Waals surface area contributed by atoms with E-state index in [0.29, 0.717) is 42.3 Å². The Bertz CT molecular complexity index is 951. The zero-order chi connectivity index (χ0) is 19.4. The van der Waals surface area contributed by atoms with E-state index in [1.165, 1.54) is 0 Å². The Balaban J connectivity index is 2.08. The highest BCUT2D eigenvalue weighted by atomic mass is 16.5. The lowest BCUT2D eigenvalue weighted by molar-refractivity contribution is 0.0450. The number of hydrogen-bond donors (Lipinski definition) is 1. The highest BCUT2D eigenvalue weighted by molar-refractivity contribution is 6.08. The number of para-hydroxylation sites is 2. The number of anilines is 1. The Labute approximate surface area is 158 Å². The zero-order valence-electron chi connectivity index (χ0n) is 16.1. The number of aryl methyl sites for hydroxylation is 1. The summed E-state index contributed by atoms with van der Waals surface area (Å²) in [6, 6.07) is 7.56. The minimum atomic E-state index is -0.451. The van der Waals surface area contributed by atoms with Gasteiger partial charge in [-0.2, -0.15) is 0 Å². The lowest BCUT2D eigenvalue weighted by atomic mass is 10.1. The van der Waals surface area contributed by atoms with Crippen molar-refractivity contribution < 1.29 is 14.3 Å². The maximum Gasteiger partial charge on any atom is 0.344 e. The van der Waals surface area contributed by atoms with Gasteiger partial charge in [0.25, 0.3) is 0 Å². The smallest absolute Gasteiger partial charge is 0.344 e. The van der Waals surface area contributed by atoms with Crippen LogP contribution < -0.4 is 5.73 Å². The van der Waals surface area contributed by atoms with E-state index in [2.05, 4.69) is 11.9 Å². The van der Waals surface area contributed by atoms with Gasteiger partial charge >= 0.3 is 5.97 Å². The molecule has 27 heavy (non-hydrogen) atoms. The normalized spacial score (nSPS) is 12.6. The Kier molecular flexibility index (Phi) is 5.91. The van der Waals surface area contributed by atoms with Gasteiger partial charge in [-0.1, -0.05) is 32.4 Å². The molecule has 2 N–H and O–H groups in total. The van der Waals surface area contributed by atoms with E-state index in [-0.39, 0.29) is 5.92 Å². The van der Waals surface area contributed by atoms with Gasteiger partial charge in [0.1, 0.15) is 16.9 Å². The van der Waals surface area contributed by atoms with E-state index in [0.717, 1.165) is 23.9 Å². The van der Waals surface area contributed by atoms with Crippen molar-refractivity contribution in [2.75, 3.05) is 26.1 Å². The lowest BCUT2D eigenvalue weighted by Gasteiger charge is -2.10. The molecule has 1 aromatic carbocycles. The van der Waals surface area contributed by atoms with E-state index >= 15 is 0 Å². The van der Waals surface area contributed by atoms with Crippen LogP contribution in [-0.4, -0.2) is 40.8 Å². The Morgan fingerprint density at radius 3 is 2.63 bits per heavy atom. The number of nitrogen functional groups attached to an aromatic ring is 1. The van der Waals surface area contributed by atoms with Crippen molar-refractivity contribution in [3.63, 3.8) is 0 Å². The van der Waals surface area contributed by atoms with Crippen LogP contribution in [0.15, 0.2) is 24.3 Å². The van der Waals surface area contributed by atoms with Gasteiger partial charge in [-0.05, 0) is 24.5 Å². The minimum absolute atomic E-state index is 0.289. The van der Waals surface area contributed by atoms with Crippen molar-refractivity contribution in [1.82, 2.24) is 14.5 Å². The number of ether oxygens (including phenoxy) is 2. The second kappa shape index (κ2) is 8.35. The Morgan fingerprint density at radius 2 is 1.96 bits per heavy atom. The minimum Gasteiger partial charge on any atom is -0.462 e. The number of carbonyl (C=O) groups is 1. The molecule has 0 saturated heterocycles. The fourth-order valence-corrected chi connectivity index (χ4v) is 2.92. The van der Waals surface area contributed by atoms with Gasteiger partial charge in [-0.3, -0.25) is 0 Å². The van der Waals surface area contributed by atoms with Crippen molar-refractivity contribution in [3.05, 3.63) is 29.8 Å². The van der Waals surface area contributed by atoms with Crippen LogP contribution in [0.4, 0.5) is 5.82 Å². The molecule has 0 aliphatic heterocycles. The molecule has 0 bridgehead atoms. The fraction of sp³-hybridized carbons (Fsp3) is 0.450. The number of nitrogens with zero attached hydrogens (tertiary/aromatic N) is 3. The van der Waals surface area contributed by atoms with Gasteiger partial charge < -0.3 is 19.8 Å². The monoisotopic (exact) mass is 370 g/mol. The van der Waals surface area contributed by atoms with Gasteiger partial charge in [0, 0.05) is 20.3 Å². The third-order valence-electron chi connectivity index (χ3n) is 4.72. The summed E-state index contributed by atoms with van der Waals surface area (Å²) < 4.78 is 12.5. The van der Waals surface area contributed by atoms with Gasteiger partial charge in [0.2, 0.25) is 0 Å². The van der Waals surface area contributed by atoms with Crippen LogP contribution in [0.25, 0.3) is 22.2 Å². The first kappa shape index (κ1) is 19.1. The average molecular weight is 370 g/mol. The second-order valence-corrected chi connectivity index (χ2v) is 6.75. The molecule has 7 nitrogen and oxygen atoms in total. The van der Waals surface area contributed by atoms with Crippen molar-refractivity contribution in [2.45, 2.75) is 33.2 Å². The standard InChI is InChI=1S/C20H26N4O3/c1-4-13(2)12-27-20(25)16-17-19(24(18(16)21)10-7-11-26-3)23-15-9-6-5-8-14(15)22-17/h5-6,8-9,13H,4,7,10-12,21H2,1-3H3/t13-/m0/s1. The summed E-state index contributed by atoms with van der Waals surface area (Å²) in [5, 5.41) is 0. The maximum atomic E-state index is 12.8. The van der Waals surface area contributed by atoms with Crippen LogP contribution in [0.3, 0.4) is 0 Å². The summed E-state index contributed by atoms with van der Waals surface area (Å²) in [5.74, 6) is 0.176. The molecule has 3 aromatic rings. The summed E-state index contributed by atoms with van der Waals surface area (Å²) in [6.45, 7) is 5.63. The molecule has 0 aliphatic carbocycles. The molecule has 0 saturated carbocycles. The van der Waals surface area contributed by atoms with Gasteiger partial charge in [-0.15, -0.1) is 0 Å². The SMILES string of the molecule is CC[C@H](C)COC(=O)c1c(N)n(CCCOC)c2nc3ccccc3nc12. The number of fused-ring (bicyclic) bond motifs is 2. The number of nitrogens with two attached hydrogens (primary N) is 1. The molecule has 0 radical (unpaired) electrons. The maximum absolute atomic E-state index is 12.8. The molecular weight excluding hydrogens is 344 g/mol. The number of esters is 1. The molecule has 0 fully saturated rings. The van der Waals surface area contributed by atoms with E-state index in [1.54, 1.807) is 7.11 Å². The third kappa shape index (κ3) is 3.88. The quantitative estimate of drug-likeness (QED) is 0.482. The van der Waals surface area contributed by atoms with Crippen LogP contribution in [0.2, 0.25) is 0 Å². The van der Waals surface area contributed by atoms with Crippen LogP contribution in [0.1, 0.15) is 37.0 Å².